The van der Waals surface area contributed by atoms with Crippen LogP contribution in [0.5, 0.6) is 5.75 Å². The fourth-order valence-electron chi connectivity index (χ4n) is 1.74. The maximum Gasteiger partial charge on any atom is 0.146 e. The van der Waals surface area contributed by atoms with Crippen LogP contribution in [-0.2, 0) is 6.61 Å². The van der Waals surface area contributed by atoms with Gasteiger partial charge in [-0.05, 0) is 110 Å². The summed E-state index contributed by atoms with van der Waals surface area (Å²) in [6.45, 7) is 2.52. The smallest absolute Gasteiger partial charge is 0.146 e. The predicted molar refractivity (Wildman–Crippen MR) is 105 cm³/mol. The Labute approximate surface area is 159 Å². The molecule has 2 aromatic rings. The molecule has 0 heterocycles. The molecule has 0 aliphatic heterocycles. The molecule has 0 N–H and O–H groups in total. The van der Waals surface area contributed by atoms with Crippen molar-refractivity contribution in [1.29, 1.82) is 5.26 Å². The van der Waals surface area contributed by atoms with Gasteiger partial charge in [-0.3, -0.25) is 0 Å². The first-order valence-corrected chi connectivity index (χ1v) is 9.02. The minimum atomic E-state index is 0.518. The average Bonchev–Trinajstić information content (AvgIpc) is 2.39. The number of nitriles is 1. The molecule has 0 saturated heterocycles. The van der Waals surface area contributed by atoms with Crippen molar-refractivity contribution in [2.75, 3.05) is 0 Å². The average molecular weight is 601 g/mol. The number of ether oxygens (including phenoxy) is 1. The maximum atomic E-state index is 8.88. The third-order valence-electron chi connectivity index (χ3n) is 2.81. The summed E-state index contributed by atoms with van der Waals surface area (Å²) in [5.41, 5.74) is 2.87. The highest BCUT2D eigenvalue weighted by atomic mass is 127. The topological polar surface area (TPSA) is 33.0 Å². The summed E-state index contributed by atoms with van der Waals surface area (Å²) < 4.78 is 9.40. The Morgan fingerprint density at radius 3 is 2.30 bits per heavy atom. The van der Waals surface area contributed by atoms with E-state index in [-0.39, 0.29) is 0 Å². The number of nitrogens with zero attached hydrogens (tertiary/aromatic N) is 1. The molecule has 0 atom stereocenters. The minimum absolute atomic E-state index is 0.518. The molecule has 20 heavy (non-hydrogen) atoms. The quantitative estimate of drug-likeness (QED) is 0.451. The van der Waals surface area contributed by atoms with Gasteiger partial charge in [0, 0.05) is 3.57 Å². The van der Waals surface area contributed by atoms with Gasteiger partial charge in [-0.15, -0.1) is 0 Å². The van der Waals surface area contributed by atoms with E-state index in [1.165, 1.54) is 3.57 Å². The molecule has 0 amide bonds. The second-order valence-corrected chi connectivity index (χ2v) is 7.81. The molecule has 0 aliphatic carbocycles. The molecule has 2 nitrogen and oxygen atoms in total. The van der Waals surface area contributed by atoms with Gasteiger partial charge in [0.05, 0.1) is 18.8 Å². The highest BCUT2D eigenvalue weighted by molar-refractivity contribution is 14.1. The lowest BCUT2D eigenvalue weighted by atomic mass is 10.1. The van der Waals surface area contributed by atoms with Crippen LogP contribution in [0.1, 0.15) is 16.7 Å². The lowest BCUT2D eigenvalue weighted by Gasteiger charge is -2.12. The molecule has 0 spiro atoms. The zero-order valence-electron chi connectivity index (χ0n) is 10.6. The highest BCUT2D eigenvalue weighted by Crippen LogP contribution is 2.30. The van der Waals surface area contributed by atoms with Crippen LogP contribution in [-0.4, -0.2) is 0 Å². The number of aryl methyl sites for hydroxylation is 1. The van der Waals surface area contributed by atoms with Crippen LogP contribution in [0.15, 0.2) is 30.3 Å². The van der Waals surface area contributed by atoms with Gasteiger partial charge >= 0.3 is 0 Å². The number of hydrogen-bond donors (Lipinski definition) is 0. The van der Waals surface area contributed by atoms with Crippen LogP contribution in [0.3, 0.4) is 0 Å². The molecule has 2 rings (SSSR count). The van der Waals surface area contributed by atoms with Gasteiger partial charge in [0.25, 0.3) is 0 Å². The van der Waals surface area contributed by atoms with E-state index in [1.54, 1.807) is 0 Å². The number of rotatable bonds is 3. The van der Waals surface area contributed by atoms with E-state index in [4.69, 9.17) is 10.00 Å². The second kappa shape index (κ2) is 7.26. The molecule has 0 radical (unpaired) electrons. The van der Waals surface area contributed by atoms with Crippen molar-refractivity contribution in [3.8, 4) is 11.8 Å². The summed E-state index contributed by atoms with van der Waals surface area (Å²) in [4.78, 5) is 0. The Hall–Kier alpha value is -0.0800. The molecule has 0 bridgehead atoms. The molecule has 0 aromatic heterocycles. The summed E-state index contributed by atoms with van der Waals surface area (Å²) in [5, 5.41) is 8.88. The van der Waals surface area contributed by atoms with E-state index in [2.05, 4.69) is 86.0 Å². The Morgan fingerprint density at radius 2 is 1.75 bits per heavy atom. The Balaban J connectivity index is 2.20. The number of hydrogen-bond acceptors (Lipinski definition) is 2. The molecule has 0 unspecified atom stereocenters. The normalized spacial score (nSPS) is 10.2. The Bertz CT molecular complexity index is 669. The Kier molecular flexibility index (Phi) is 5.92. The van der Waals surface area contributed by atoms with Gasteiger partial charge < -0.3 is 4.74 Å². The SMILES string of the molecule is Cc1cc(C#N)ccc1COc1c(I)cc(I)cc1I. The van der Waals surface area contributed by atoms with Gasteiger partial charge in [-0.1, -0.05) is 6.07 Å². The standard InChI is InChI=1S/C15H10I3NO/c1-9-4-10(7-19)2-3-11(9)8-20-15-13(17)5-12(16)6-14(15)18/h2-6H,8H2,1H3. The molecule has 102 valence electrons. The molecular formula is C15H10I3NO. The van der Waals surface area contributed by atoms with Gasteiger partial charge in [-0.2, -0.15) is 5.26 Å². The van der Waals surface area contributed by atoms with Crippen molar-refractivity contribution in [2.24, 2.45) is 0 Å². The third kappa shape index (κ3) is 3.98. The van der Waals surface area contributed by atoms with Crippen molar-refractivity contribution in [3.05, 3.63) is 57.7 Å². The second-order valence-electron chi connectivity index (χ2n) is 4.24. The fraction of sp³-hybridized carbons (Fsp3) is 0.133. The van der Waals surface area contributed by atoms with Crippen LogP contribution in [0.25, 0.3) is 0 Å². The van der Waals surface area contributed by atoms with Crippen LogP contribution < -0.4 is 4.74 Å². The van der Waals surface area contributed by atoms with Gasteiger partial charge in [-0.25, -0.2) is 0 Å². The van der Waals surface area contributed by atoms with Crippen molar-refractivity contribution < 1.29 is 4.74 Å². The van der Waals surface area contributed by atoms with E-state index in [9.17, 15) is 0 Å². The summed E-state index contributed by atoms with van der Waals surface area (Å²) in [6, 6.07) is 12.0. The zero-order valence-corrected chi connectivity index (χ0v) is 17.1. The van der Waals surface area contributed by atoms with Crippen LogP contribution >= 0.6 is 67.8 Å². The van der Waals surface area contributed by atoms with Crippen molar-refractivity contribution in [3.63, 3.8) is 0 Å². The first kappa shape index (κ1) is 16.3. The van der Waals surface area contributed by atoms with Crippen LogP contribution in [0, 0.1) is 29.0 Å². The van der Waals surface area contributed by atoms with Crippen LogP contribution in [0.4, 0.5) is 0 Å². The third-order valence-corrected chi connectivity index (χ3v) is 5.03. The van der Waals surface area contributed by atoms with Crippen molar-refractivity contribution in [1.82, 2.24) is 0 Å². The number of halogens is 3. The molecule has 5 heteroatoms. The van der Waals surface area contributed by atoms with Crippen LogP contribution in [0.2, 0.25) is 0 Å². The molecule has 0 saturated carbocycles. The van der Waals surface area contributed by atoms with Gasteiger partial charge in [0.1, 0.15) is 12.4 Å². The lowest BCUT2D eigenvalue weighted by molar-refractivity contribution is 0.301. The van der Waals surface area contributed by atoms with Gasteiger partial charge in [0.15, 0.2) is 0 Å². The molecule has 0 aliphatic rings. The summed E-state index contributed by atoms with van der Waals surface area (Å²) >= 11 is 6.90. The maximum absolute atomic E-state index is 8.88. The monoisotopic (exact) mass is 601 g/mol. The summed E-state index contributed by atoms with van der Waals surface area (Å²) in [5.74, 6) is 0.926. The number of benzene rings is 2. The lowest BCUT2D eigenvalue weighted by Crippen LogP contribution is -2.01. The van der Waals surface area contributed by atoms with Crippen molar-refractivity contribution in [2.45, 2.75) is 13.5 Å². The molecule has 0 fully saturated rings. The first-order valence-electron chi connectivity index (χ1n) is 5.78. The van der Waals surface area contributed by atoms with E-state index in [0.717, 1.165) is 24.0 Å². The largest absolute Gasteiger partial charge is 0.487 e. The Morgan fingerprint density at radius 1 is 1.10 bits per heavy atom. The molecule has 2 aromatic carbocycles. The predicted octanol–water partition coefficient (Wildman–Crippen LogP) is 5.26. The summed E-state index contributed by atoms with van der Waals surface area (Å²) in [7, 11) is 0. The van der Waals surface area contributed by atoms with E-state index in [0.29, 0.717) is 12.2 Å². The van der Waals surface area contributed by atoms with E-state index < -0.39 is 0 Å². The summed E-state index contributed by atoms with van der Waals surface area (Å²) in [6.07, 6.45) is 0. The van der Waals surface area contributed by atoms with Crippen molar-refractivity contribution >= 4 is 67.8 Å². The van der Waals surface area contributed by atoms with E-state index >= 15 is 0 Å². The zero-order chi connectivity index (χ0) is 14.7. The first-order chi connectivity index (χ1) is 9.51. The van der Waals surface area contributed by atoms with Gasteiger partial charge in [0.2, 0.25) is 0 Å². The minimum Gasteiger partial charge on any atom is -0.487 e. The molecular weight excluding hydrogens is 591 g/mol. The van der Waals surface area contributed by atoms with E-state index in [1.807, 2.05) is 25.1 Å². The fourth-order valence-corrected chi connectivity index (χ4v) is 5.64. The highest BCUT2D eigenvalue weighted by Gasteiger charge is 2.09.